The number of amides is 4. The molecule has 2 fully saturated rings. The highest BCUT2D eigenvalue weighted by atomic mass is 19.1. The van der Waals surface area contributed by atoms with E-state index in [-0.39, 0.29) is 43.6 Å². The molecular formula is C38H60FN5O8. The normalized spacial score (nSPS) is 22.9. The molecule has 52 heavy (non-hydrogen) atoms. The van der Waals surface area contributed by atoms with Crippen LogP contribution in [0.25, 0.3) is 0 Å². The van der Waals surface area contributed by atoms with Gasteiger partial charge in [0.1, 0.15) is 12.1 Å². The van der Waals surface area contributed by atoms with E-state index in [1.165, 1.54) is 19.1 Å². The van der Waals surface area contributed by atoms with E-state index >= 15 is 4.39 Å². The van der Waals surface area contributed by atoms with E-state index in [2.05, 4.69) is 16.0 Å². The van der Waals surface area contributed by atoms with Crippen molar-refractivity contribution in [3.8, 4) is 0 Å². The number of nitrogens with zero attached hydrogens (tertiary/aromatic N) is 2. The van der Waals surface area contributed by atoms with Crippen molar-refractivity contribution in [1.82, 2.24) is 25.8 Å². The summed E-state index contributed by atoms with van der Waals surface area (Å²) in [5, 5.41) is 18.0. The fourth-order valence-corrected chi connectivity index (χ4v) is 7.52. The summed E-state index contributed by atoms with van der Waals surface area (Å²) in [6.45, 7) is 9.89. The molecule has 0 saturated carbocycles. The summed E-state index contributed by atoms with van der Waals surface area (Å²) in [7, 11) is 4.60. The van der Waals surface area contributed by atoms with Crippen LogP contribution in [0.1, 0.15) is 72.3 Å². The fourth-order valence-electron chi connectivity index (χ4n) is 7.52. The minimum atomic E-state index is -2.09. The van der Waals surface area contributed by atoms with E-state index in [0.717, 1.165) is 5.56 Å². The fraction of sp³-hybridized carbons (Fsp3) is 0.711. The molecule has 14 heteroatoms. The van der Waals surface area contributed by atoms with Gasteiger partial charge in [0.15, 0.2) is 0 Å². The summed E-state index contributed by atoms with van der Waals surface area (Å²) in [4.78, 5) is 69.8. The lowest BCUT2D eigenvalue weighted by Crippen LogP contribution is -2.59. The summed E-state index contributed by atoms with van der Waals surface area (Å²) >= 11 is 0. The number of methoxy groups -OCH3 is 2. The van der Waals surface area contributed by atoms with Crippen LogP contribution < -0.4 is 16.0 Å². The average Bonchev–Trinajstić information content (AvgIpc) is 3.80. The van der Waals surface area contributed by atoms with Crippen molar-refractivity contribution in [1.29, 1.82) is 0 Å². The number of likely N-dealkylation sites (tertiary alicyclic amines) is 1. The number of alkyl halides is 1. The summed E-state index contributed by atoms with van der Waals surface area (Å²) in [6, 6.07) is 5.90. The molecule has 3 rings (SSSR count). The number of halogens is 1. The number of nitrogens with one attached hydrogen (secondary N) is 3. The predicted octanol–water partition coefficient (Wildman–Crippen LogP) is 2.56. The summed E-state index contributed by atoms with van der Waals surface area (Å²) in [6.07, 6.45) is 0.585. The molecule has 0 aliphatic carbocycles. The Balaban J connectivity index is 1.76. The maximum absolute atomic E-state index is 15.3. The zero-order chi connectivity index (χ0) is 38.7. The molecule has 1 unspecified atom stereocenters. The Hall–Kier alpha value is -3.62. The van der Waals surface area contributed by atoms with Gasteiger partial charge in [-0.3, -0.25) is 19.2 Å². The van der Waals surface area contributed by atoms with Gasteiger partial charge >= 0.3 is 5.97 Å². The van der Waals surface area contributed by atoms with Crippen molar-refractivity contribution >= 4 is 29.6 Å². The third-order valence-corrected chi connectivity index (χ3v) is 10.9. The van der Waals surface area contributed by atoms with Crippen molar-refractivity contribution in [2.45, 2.75) is 115 Å². The van der Waals surface area contributed by atoms with E-state index in [1.807, 2.05) is 19.9 Å². The Bertz CT molecular complexity index is 1360. The number of hydrogen-bond donors (Lipinski definition) is 4. The molecule has 2 aliphatic rings. The quantitative estimate of drug-likeness (QED) is 0.167. The van der Waals surface area contributed by atoms with Gasteiger partial charge < -0.3 is 40.3 Å². The Kier molecular flexibility index (Phi) is 16.0. The predicted molar refractivity (Wildman–Crippen MR) is 194 cm³/mol. The first-order valence-electron chi connectivity index (χ1n) is 18.5. The number of carbonyl (C=O) groups excluding carboxylic acids is 4. The number of ether oxygens (including phenoxy) is 2. The van der Waals surface area contributed by atoms with Gasteiger partial charge in [-0.1, -0.05) is 71.4 Å². The van der Waals surface area contributed by atoms with E-state index in [0.29, 0.717) is 32.4 Å². The first-order chi connectivity index (χ1) is 24.6. The van der Waals surface area contributed by atoms with Crippen molar-refractivity contribution < 1.29 is 42.9 Å². The molecule has 1 aromatic rings. The van der Waals surface area contributed by atoms with Crippen molar-refractivity contribution in [2.75, 3.05) is 40.9 Å². The van der Waals surface area contributed by atoms with Crippen LogP contribution in [0.4, 0.5) is 4.39 Å². The second kappa shape index (κ2) is 19.5. The number of carbonyl (C=O) groups is 5. The molecule has 0 bridgehead atoms. The monoisotopic (exact) mass is 733 g/mol. The number of benzene rings is 1. The molecule has 9 atom stereocenters. The lowest BCUT2D eigenvalue weighted by molar-refractivity contribution is -0.148. The van der Waals surface area contributed by atoms with Crippen LogP contribution in [0, 0.1) is 17.8 Å². The second-order valence-electron chi connectivity index (χ2n) is 14.8. The SMILES string of the molecule is CC[C@H](C)[C@@H]([C@@H](CC(=O)N1CCCC1[C@H](OC)[C@@H](C)C(=O)N[C@@H](Cc1ccccc1)C(=O)O)OC)N(C)C(=O)[C@@H](NC(=O)[C@]1(F)CCNC1)C(C)C. The van der Waals surface area contributed by atoms with Crippen molar-refractivity contribution in [2.24, 2.45) is 17.8 Å². The van der Waals surface area contributed by atoms with E-state index in [4.69, 9.17) is 9.47 Å². The maximum atomic E-state index is 15.3. The molecule has 0 aromatic heterocycles. The Morgan fingerprint density at radius 3 is 2.29 bits per heavy atom. The second-order valence-corrected chi connectivity index (χ2v) is 14.8. The van der Waals surface area contributed by atoms with Crippen LogP contribution in [0.15, 0.2) is 30.3 Å². The lowest BCUT2D eigenvalue weighted by atomic mass is 9.89. The molecule has 0 radical (unpaired) electrons. The molecule has 13 nitrogen and oxygen atoms in total. The van der Waals surface area contributed by atoms with Crippen LogP contribution in [0.5, 0.6) is 0 Å². The van der Waals surface area contributed by atoms with Gasteiger partial charge in [0.05, 0.1) is 36.6 Å². The molecule has 4 amide bonds. The van der Waals surface area contributed by atoms with E-state index in [9.17, 15) is 29.1 Å². The van der Waals surface area contributed by atoms with Gasteiger partial charge in [0.2, 0.25) is 23.4 Å². The first-order valence-corrected chi connectivity index (χ1v) is 18.5. The number of carboxylic acids is 1. The van der Waals surface area contributed by atoms with Gasteiger partial charge in [-0.25, -0.2) is 9.18 Å². The standard InChI is InChI=1S/C38H60FN5O8/c1-9-24(4)32(43(6)35(47)31(23(2)3)42-37(50)38(39)17-18-40-22-38)29(51-7)21-30(45)44-19-13-16-28(44)33(52-8)25(5)34(46)41-27(36(48)49)20-26-14-11-10-12-15-26/h10-12,14-15,23-25,27-29,31-33,40H,9,13,16-22H2,1-8H3,(H,41,46)(H,42,50)(H,48,49)/t24-,25+,27-,28?,29+,31-,32-,33+,38-/m0/s1. The van der Waals surface area contributed by atoms with Crippen molar-refractivity contribution in [3.05, 3.63) is 35.9 Å². The molecule has 2 saturated heterocycles. The maximum Gasteiger partial charge on any atom is 0.326 e. The minimum absolute atomic E-state index is 0.0268. The third-order valence-electron chi connectivity index (χ3n) is 10.9. The molecule has 4 N–H and O–H groups in total. The average molecular weight is 734 g/mol. The highest BCUT2D eigenvalue weighted by Crippen LogP contribution is 2.30. The van der Waals surface area contributed by atoms with Crippen LogP contribution in [0.3, 0.4) is 0 Å². The van der Waals surface area contributed by atoms with Gasteiger partial charge in [0, 0.05) is 47.2 Å². The smallest absolute Gasteiger partial charge is 0.326 e. The molecule has 1 aromatic carbocycles. The molecule has 292 valence electrons. The van der Waals surface area contributed by atoms with E-state index in [1.54, 1.807) is 57.0 Å². The van der Waals surface area contributed by atoms with Gasteiger partial charge in [-0.2, -0.15) is 0 Å². The van der Waals surface area contributed by atoms with Gasteiger partial charge in [-0.15, -0.1) is 0 Å². The zero-order valence-corrected chi connectivity index (χ0v) is 32.0. The van der Waals surface area contributed by atoms with Gasteiger partial charge in [0.25, 0.3) is 5.91 Å². The number of hydrogen-bond acceptors (Lipinski definition) is 8. The highest BCUT2D eigenvalue weighted by molar-refractivity contribution is 5.92. The molecule has 2 heterocycles. The number of aliphatic carboxylic acids is 1. The molecular weight excluding hydrogens is 673 g/mol. The topological polar surface area (TPSA) is 167 Å². The van der Waals surface area contributed by atoms with Crippen LogP contribution in [-0.4, -0.2) is 127 Å². The minimum Gasteiger partial charge on any atom is -0.480 e. The number of likely N-dealkylation sites (N-methyl/N-ethyl adjacent to an activating group) is 1. The molecule has 2 aliphatic heterocycles. The molecule has 0 spiro atoms. The number of rotatable bonds is 19. The van der Waals surface area contributed by atoms with Crippen LogP contribution >= 0.6 is 0 Å². The third kappa shape index (κ3) is 10.5. The summed E-state index contributed by atoms with van der Waals surface area (Å²) < 4.78 is 27.0. The van der Waals surface area contributed by atoms with Gasteiger partial charge in [-0.05, 0) is 36.8 Å². The largest absolute Gasteiger partial charge is 0.480 e. The zero-order valence-electron chi connectivity index (χ0n) is 32.0. The Morgan fingerprint density at radius 1 is 1.08 bits per heavy atom. The first kappa shape index (κ1) is 42.8. The Morgan fingerprint density at radius 2 is 1.75 bits per heavy atom. The number of carboxylic acid groups (broad SMARTS) is 1. The highest BCUT2D eigenvalue weighted by Gasteiger charge is 2.46. The van der Waals surface area contributed by atoms with Crippen LogP contribution in [0.2, 0.25) is 0 Å². The lowest BCUT2D eigenvalue weighted by Gasteiger charge is -2.41. The summed E-state index contributed by atoms with van der Waals surface area (Å²) in [5.41, 5.74) is -1.32. The Labute approximate surface area is 307 Å². The summed E-state index contributed by atoms with van der Waals surface area (Å²) in [5.74, 6) is -4.31. The van der Waals surface area contributed by atoms with Crippen molar-refractivity contribution in [3.63, 3.8) is 0 Å². The van der Waals surface area contributed by atoms with Crippen LogP contribution in [-0.2, 0) is 39.9 Å². The van der Waals surface area contributed by atoms with E-state index < -0.39 is 71.7 Å².